The van der Waals surface area contributed by atoms with E-state index >= 15 is 0 Å². The molecule has 32 heavy (non-hydrogen) atoms. The van der Waals surface area contributed by atoms with Crippen LogP contribution in [0.1, 0.15) is 12.6 Å². The average molecular weight is 478 g/mol. The van der Waals surface area contributed by atoms with Crippen molar-refractivity contribution in [1.29, 1.82) is 0 Å². The summed E-state index contributed by atoms with van der Waals surface area (Å²) in [5.74, 6) is 0.0730. The molecule has 1 N–H and O–H groups in total. The molecule has 4 aromatic rings. The number of nitrogens with zero attached hydrogens (tertiary/aromatic N) is 4. The van der Waals surface area contributed by atoms with Crippen LogP contribution in [0, 0.1) is 12.7 Å². The van der Waals surface area contributed by atoms with Crippen molar-refractivity contribution in [3.8, 4) is 11.4 Å². The van der Waals surface area contributed by atoms with Crippen LogP contribution in [0.2, 0.25) is 5.02 Å². The van der Waals surface area contributed by atoms with Crippen LogP contribution in [0.15, 0.2) is 53.7 Å². The number of fused-ring (bicyclic) bond motifs is 1. The summed E-state index contributed by atoms with van der Waals surface area (Å²) in [6, 6.07) is 8.88. The van der Waals surface area contributed by atoms with Gasteiger partial charge in [-0.3, -0.25) is 4.68 Å². The minimum atomic E-state index is -3.74. The van der Waals surface area contributed by atoms with Crippen molar-refractivity contribution in [2.45, 2.75) is 24.8 Å². The molecule has 2 aromatic carbocycles. The van der Waals surface area contributed by atoms with Crippen molar-refractivity contribution >= 4 is 32.5 Å². The van der Waals surface area contributed by atoms with Gasteiger partial charge in [-0.15, -0.1) is 0 Å². The number of ether oxygens (including phenoxy) is 1. The second-order valence-corrected chi connectivity index (χ2v) is 9.55. The van der Waals surface area contributed by atoms with Crippen LogP contribution in [0.3, 0.4) is 0 Å². The fourth-order valence-electron chi connectivity index (χ4n) is 3.35. The second kappa shape index (κ2) is 8.53. The lowest BCUT2D eigenvalue weighted by atomic mass is 10.2. The summed E-state index contributed by atoms with van der Waals surface area (Å²) in [5.41, 5.74) is 1.84. The minimum Gasteiger partial charge on any atom is -0.490 e. The average Bonchev–Trinajstić information content (AvgIpc) is 3.29. The molecule has 0 bridgehead atoms. The van der Waals surface area contributed by atoms with Gasteiger partial charge in [0.05, 0.1) is 34.2 Å². The van der Waals surface area contributed by atoms with E-state index in [2.05, 4.69) is 14.9 Å². The quantitative estimate of drug-likeness (QED) is 0.439. The Labute approximate surface area is 189 Å². The molecule has 0 radical (unpaired) electrons. The summed E-state index contributed by atoms with van der Waals surface area (Å²) >= 11 is 6.40. The van der Waals surface area contributed by atoms with Crippen LogP contribution in [-0.2, 0) is 17.1 Å². The fourth-order valence-corrected chi connectivity index (χ4v) is 5.00. The van der Waals surface area contributed by atoms with Crippen molar-refractivity contribution in [2.75, 3.05) is 6.61 Å². The van der Waals surface area contributed by atoms with Gasteiger partial charge in [0, 0.05) is 18.6 Å². The van der Waals surface area contributed by atoms with Gasteiger partial charge in [-0.2, -0.15) is 10.2 Å². The van der Waals surface area contributed by atoms with E-state index in [1.807, 2.05) is 0 Å². The number of aromatic nitrogens is 4. The van der Waals surface area contributed by atoms with Gasteiger partial charge in [0.15, 0.2) is 0 Å². The highest BCUT2D eigenvalue weighted by atomic mass is 35.5. The third-order valence-electron chi connectivity index (χ3n) is 4.80. The monoisotopic (exact) mass is 477 g/mol. The van der Waals surface area contributed by atoms with Gasteiger partial charge in [0.25, 0.3) is 0 Å². The lowest BCUT2D eigenvalue weighted by molar-refractivity contribution is 0.288. The van der Waals surface area contributed by atoms with Crippen LogP contribution in [0.5, 0.6) is 5.75 Å². The van der Waals surface area contributed by atoms with Gasteiger partial charge in [0.1, 0.15) is 23.1 Å². The van der Waals surface area contributed by atoms with Gasteiger partial charge in [0.2, 0.25) is 10.0 Å². The first-order valence-electron chi connectivity index (χ1n) is 9.72. The number of rotatable bonds is 7. The Hall–Kier alpha value is -2.95. The Balaban J connectivity index is 1.49. The highest BCUT2D eigenvalue weighted by Crippen LogP contribution is 2.31. The summed E-state index contributed by atoms with van der Waals surface area (Å²) in [6.07, 6.45) is 3.11. The van der Waals surface area contributed by atoms with E-state index in [-0.39, 0.29) is 17.3 Å². The van der Waals surface area contributed by atoms with E-state index in [9.17, 15) is 12.8 Å². The van der Waals surface area contributed by atoms with E-state index < -0.39 is 16.1 Å². The van der Waals surface area contributed by atoms with E-state index in [1.54, 1.807) is 56.0 Å². The molecule has 2 aromatic heterocycles. The zero-order valence-corrected chi connectivity index (χ0v) is 19.2. The Morgan fingerprint density at radius 3 is 2.62 bits per heavy atom. The normalized spacial score (nSPS) is 12.9. The number of sulfonamides is 1. The number of aryl methyl sites for hydroxylation is 2. The predicted octanol–water partition coefficient (Wildman–Crippen LogP) is 3.61. The Kier molecular flexibility index (Phi) is 5.93. The Morgan fingerprint density at radius 1 is 1.25 bits per heavy atom. The first-order valence-corrected chi connectivity index (χ1v) is 11.6. The molecule has 0 aliphatic rings. The van der Waals surface area contributed by atoms with Crippen LogP contribution in [0.25, 0.3) is 16.6 Å². The molecule has 1 atom stereocenters. The molecule has 2 heterocycles. The zero-order valence-electron chi connectivity index (χ0n) is 17.6. The molecule has 0 saturated heterocycles. The maximum Gasteiger partial charge on any atom is 0.244 e. The van der Waals surface area contributed by atoms with Gasteiger partial charge in [-0.25, -0.2) is 22.2 Å². The summed E-state index contributed by atoms with van der Waals surface area (Å²) in [6.45, 7) is 3.40. The third kappa shape index (κ3) is 4.47. The predicted molar refractivity (Wildman–Crippen MR) is 119 cm³/mol. The third-order valence-corrected chi connectivity index (χ3v) is 6.78. The molecule has 0 amide bonds. The van der Waals surface area contributed by atoms with Gasteiger partial charge in [-0.05, 0) is 50.2 Å². The SMILES string of the molecule is Cc1nn(C)cc1S(=O)(=O)N[C@@H](C)COc1cc2cnn(-c3ccc(F)cc3)c2cc1Cl. The van der Waals surface area contributed by atoms with Gasteiger partial charge >= 0.3 is 0 Å². The smallest absolute Gasteiger partial charge is 0.244 e. The van der Waals surface area contributed by atoms with E-state index in [0.717, 1.165) is 10.9 Å². The van der Waals surface area contributed by atoms with Crippen molar-refractivity contribution in [1.82, 2.24) is 24.3 Å². The topological polar surface area (TPSA) is 91.0 Å². The van der Waals surface area contributed by atoms with Gasteiger partial charge in [-0.1, -0.05) is 11.6 Å². The van der Waals surface area contributed by atoms with Crippen molar-refractivity contribution in [3.05, 3.63) is 65.3 Å². The van der Waals surface area contributed by atoms with Crippen LogP contribution < -0.4 is 9.46 Å². The molecule has 11 heteroatoms. The molecular formula is C21H21ClFN5O3S. The molecule has 8 nitrogen and oxygen atoms in total. The summed E-state index contributed by atoms with van der Waals surface area (Å²) in [7, 11) is -2.07. The maximum atomic E-state index is 13.2. The molecule has 0 unspecified atom stereocenters. The summed E-state index contributed by atoms with van der Waals surface area (Å²) in [4.78, 5) is 0.125. The first-order chi connectivity index (χ1) is 15.1. The van der Waals surface area contributed by atoms with E-state index in [1.165, 1.54) is 23.0 Å². The number of nitrogens with one attached hydrogen (secondary N) is 1. The highest BCUT2D eigenvalue weighted by molar-refractivity contribution is 7.89. The van der Waals surface area contributed by atoms with Crippen LogP contribution in [0.4, 0.5) is 4.39 Å². The minimum absolute atomic E-state index is 0.0653. The van der Waals surface area contributed by atoms with Crippen molar-refractivity contribution < 1.29 is 17.5 Å². The zero-order chi connectivity index (χ0) is 23.0. The van der Waals surface area contributed by atoms with Crippen LogP contribution >= 0.6 is 11.6 Å². The lowest BCUT2D eigenvalue weighted by Gasteiger charge is -2.16. The van der Waals surface area contributed by atoms with E-state index in [0.29, 0.717) is 22.2 Å². The van der Waals surface area contributed by atoms with Crippen molar-refractivity contribution in [3.63, 3.8) is 0 Å². The molecule has 0 fully saturated rings. The van der Waals surface area contributed by atoms with E-state index in [4.69, 9.17) is 16.3 Å². The molecule has 4 rings (SSSR count). The summed E-state index contributed by atoms with van der Waals surface area (Å²) in [5, 5.41) is 9.53. The Bertz CT molecular complexity index is 1380. The highest BCUT2D eigenvalue weighted by Gasteiger charge is 2.22. The fraction of sp³-hybridized carbons (Fsp3) is 0.238. The largest absolute Gasteiger partial charge is 0.490 e. The van der Waals surface area contributed by atoms with Crippen LogP contribution in [-0.4, -0.2) is 40.6 Å². The molecule has 0 aliphatic heterocycles. The first kappa shape index (κ1) is 22.3. The van der Waals surface area contributed by atoms with Gasteiger partial charge < -0.3 is 4.74 Å². The molecule has 0 saturated carbocycles. The maximum absolute atomic E-state index is 13.2. The standard InChI is InChI=1S/C21H21ClFN5O3S/c1-13(26-32(29,30)21-11-27(3)25-14(21)2)12-31-20-8-15-10-24-28(19(15)9-18(20)22)17-6-4-16(23)5-7-17/h4-11,13,26H,12H2,1-3H3/t13-/m0/s1. The number of hydrogen-bond acceptors (Lipinski definition) is 5. The number of hydrogen-bond donors (Lipinski definition) is 1. The number of benzene rings is 2. The lowest BCUT2D eigenvalue weighted by Crippen LogP contribution is -2.36. The Morgan fingerprint density at radius 2 is 1.97 bits per heavy atom. The van der Waals surface area contributed by atoms with Crippen molar-refractivity contribution in [2.24, 2.45) is 7.05 Å². The summed E-state index contributed by atoms with van der Waals surface area (Å²) < 4.78 is 49.9. The molecule has 0 aliphatic carbocycles. The molecular weight excluding hydrogens is 457 g/mol. The second-order valence-electron chi connectivity index (χ2n) is 7.46. The molecule has 168 valence electrons. The molecule has 0 spiro atoms. The number of halogens is 2.